The zero-order valence-electron chi connectivity index (χ0n) is 30.9. The van der Waals surface area contributed by atoms with Crippen molar-refractivity contribution in [3.8, 4) is 62.3 Å². The second kappa shape index (κ2) is 13.8. The summed E-state index contributed by atoms with van der Waals surface area (Å²) in [5, 5.41) is 21.6. The number of anilines is 1. The van der Waals surface area contributed by atoms with E-state index in [1.165, 1.54) is 4.90 Å². The second-order valence-corrected chi connectivity index (χ2v) is 14.2. The highest BCUT2D eigenvalue weighted by Gasteiger charge is 2.41. The van der Waals surface area contributed by atoms with Gasteiger partial charge in [-0.3, -0.25) is 9.59 Å². The van der Waals surface area contributed by atoms with Crippen LogP contribution in [-0.4, -0.2) is 16.4 Å². The molecule has 2 amide bonds. The third-order valence-corrected chi connectivity index (χ3v) is 11.0. The maximum Gasteiger partial charge on any atom is 0.268 e. The zero-order valence-corrected chi connectivity index (χ0v) is 30.9. The standard InChI is InChI=1S/C52H30N4O2/c53-31-33-12-7-18-38(28-33)41-20-9-22-43-44-23-10-21-42(39-19-8-13-34(29-39)32-54)50(44)55(49(41)43)46-25-11-24-45-48(46)52(58)56(51(45)57)47-30-37(35-14-3-1-4-15-35)26-27-40(47)36-16-5-2-6-17-36/h1-30H. The highest BCUT2D eigenvalue weighted by Crippen LogP contribution is 2.45. The third kappa shape index (κ3) is 5.40. The summed E-state index contributed by atoms with van der Waals surface area (Å²) in [7, 11) is 0. The number of imide groups is 1. The molecule has 0 aliphatic carbocycles. The van der Waals surface area contributed by atoms with Gasteiger partial charge in [-0.2, -0.15) is 10.5 Å². The molecule has 0 fully saturated rings. The van der Waals surface area contributed by atoms with Crippen molar-refractivity contribution in [1.82, 2.24) is 4.57 Å². The fourth-order valence-electron chi connectivity index (χ4n) is 8.40. The Morgan fingerprint density at radius 1 is 0.379 bits per heavy atom. The van der Waals surface area contributed by atoms with E-state index in [1.807, 2.05) is 152 Å². The summed E-state index contributed by atoms with van der Waals surface area (Å²) in [6, 6.07) is 62.8. The maximum absolute atomic E-state index is 15.3. The molecule has 0 spiro atoms. The van der Waals surface area contributed by atoms with E-state index in [1.54, 1.807) is 18.2 Å². The van der Waals surface area contributed by atoms with Crippen molar-refractivity contribution >= 4 is 39.3 Å². The SMILES string of the molecule is N#Cc1cccc(-c2cccc3c4cccc(-c5cccc(C#N)c5)c4n(-c4cccc5c4C(=O)N(c4cc(-c6ccccc6)ccc4-c4ccccc4)C5=O)c23)c1. The molecule has 58 heavy (non-hydrogen) atoms. The summed E-state index contributed by atoms with van der Waals surface area (Å²) >= 11 is 0. The zero-order chi connectivity index (χ0) is 39.3. The molecule has 2 heterocycles. The molecule has 0 bridgehead atoms. The number of fused-ring (bicyclic) bond motifs is 4. The first-order chi connectivity index (χ1) is 28.5. The van der Waals surface area contributed by atoms with Gasteiger partial charge in [-0.25, -0.2) is 4.90 Å². The van der Waals surface area contributed by atoms with Crippen molar-refractivity contribution in [3.05, 3.63) is 204 Å². The van der Waals surface area contributed by atoms with Crippen LogP contribution in [0.5, 0.6) is 0 Å². The molecule has 10 rings (SSSR count). The van der Waals surface area contributed by atoms with Crippen molar-refractivity contribution in [2.24, 2.45) is 0 Å². The topological polar surface area (TPSA) is 89.9 Å². The Balaban J connectivity index is 1.27. The minimum absolute atomic E-state index is 0.289. The molecule has 8 aromatic carbocycles. The van der Waals surface area contributed by atoms with Gasteiger partial charge in [0.2, 0.25) is 0 Å². The number of aromatic nitrogens is 1. The van der Waals surface area contributed by atoms with Crippen LogP contribution >= 0.6 is 0 Å². The number of nitriles is 2. The summed E-state index contributed by atoms with van der Waals surface area (Å²) < 4.78 is 2.10. The first-order valence-corrected chi connectivity index (χ1v) is 18.9. The minimum Gasteiger partial charge on any atom is -0.307 e. The lowest BCUT2D eigenvalue weighted by atomic mass is 9.97. The van der Waals surface area contributed by atoms with E-state index < -0.39 is 11.8 Å². The number of carbonyl (C=O) groups excluding carboxylic acids is 2. The monoisotopic (exact) mass is 742 g/mol. The highest BCUT2D eigenvalue weighted by atomic mass is 16.2. The van der Waals surface area contributed by atoms with Crippen LogP contribution in [0.1, 0.15) is 31.8 Å². The number of benzene rings is 8. The lowest BCUT2D eigenvalue weighted by Crippen LogP contribution is -2.30. The Morgan fingerprint density at radius 2 is 0.897 bits per heavy atom. The van der Waals surface area contributed by atoms with Crippen LogP contribution in [0.2, 0.25) is 0 Å². The van der Waals surface area contributed by atoms with E-state index >= 15 is 4.79 Å². The van der Waals surface area contributed by atoms with Crippen LogP contribution in [0.15, 0.2) is 182 Å². The quantitative estimate of drug-likeness (QED) is 0.159. The van der Waals surface area contributed by atoms with Gasteiger partial charge in [0.1, 0.15) is 0 Å². The predicted molar refractivity (Wildman–Crippen MR) is 230 cm³/mol. The molecule has 1 aliphatic rings. The van der Waals surface area contributed by atoms with Gasteiger partial charge in [-0.1, -0.05) is 140 Å². The summed E-state index contributed by atoms with van der Waals surface area (Å²) in [6.45, 7) is 0. The molecule has 6 nitrogen and oxygen atoms in total. The Kier molecular flexibility index (Phi) is 8.11. The molecule has 270 valence electrons. The van der Waals surface area contributed by atoms with Gasteiger partial charge in [-0.05, 0) is 70.3 Å². The molecule has 1 aromatic heterocycles. The van der Waals surface area contributed by atoms with Crippen LogP contribution in [0, 0.1) is 22.7 Å². The van der Waals surface area contributed by atoms with E-state index in [0.717, 1.165) is 66.3 Å². The van der Waals surface area contributed by atoms with Gasteiger partial charge < -0.3 is 4.57 Å². The average molecular weight is 743 g/mol. The van der Waals surface area contributed by atoms with Crippen LogP contribution < -0.4 is 4.90 Å². The first-order valence-electron chi connectivity index (χ1n) is 18.9. The molecule has 0 atom stereocenters. The van der Waals surface area contributed by atoms with Gasteiger partial charge in [0.25, 0.3) is 11.8 Å². The van der Waals surface area contributed by atoms with Crippen molar-refractivity contribution in [2.45, 2.75) is 0 Å². The molecule has 6 heteroatoms. The summed E-state index contributed by atoms with van der Waals surface area (Å²) in [5.74, 6) is -0.838. The van der Waals surface area contributed by atoms with E-state index in [-0.39, 0.29) is 5.56 Å². The smallest absolute Gasteiger partial charge is 0.268 e. The van der Waals surface area contributed by atoms with Crippen LogP contribution in [0.3, 0.4) is 0 Å². The Labute approximate surface area is 334 Å². The first kappa shape index (κ1) is 34.2. The maximum atomic E-state index is 15.3. The number of hydrogen-bond donors (Lipinski definition) is 0. The fourth-order valence-corrected chi connectivity index (χ4v) is 8.40. The molecule has 0 N–H and O–H groups in total. The molecule has 9 aromatic rings. The van der Waals surface area contributed by atoms with E-state index in [2.05, 4.69) is 28.8 Å². The number of nitrogens with zero attached hydrogens (tertiary/aromatic N) is 4. The summed E-state index contributed by atoms with van der Waals surface area (Å²) in [6.07, 6.45) is 0. The molecular formula is C52H30N4O2. The van der Waals surface area contributed by atoms with Crippen LogP contribution in [0.4, 0.5) is 5.69 Å². The predicted octanol–water partition coefficient (Wildman–Crippen LogP) is 12.0. The summed E-state index contributed by atoms with van der Waals surface area (Å²) in [4.78, 5) is 31.5. The van der Waals surface area contributed by atoms with E-state index in [4.69, 9.17) is 0 Å². The highest BCUT2D eigenvalue weighted by molar-refractivity contribution is 6.37. The average Bonchev–Trinajstić information content (AvgIpc) is 3.77. The Hall–Kier alpha value is -8.32. The number of para-hydroxylation sites is 2. The number of amides is 2. The van der Waals surface area contributed by atoms with E-state index in [0.29, 0.717) is 28.1 Å². The Bertz CT molecular complexity index is 3130. The van der Waals surface area contributed by atoms with E-state index in [9.17, 15) is 15.3 Å². The number of rotatable bonds is 6. The second-order valence-electron chi connectivity index (χ2n) is 14.2. The largest absolute Gasteiger partial charge is 0.307 e. The minimum atomic E-state index is -0.430. The normalized spacial score (nSPS) is 12.1. The summed E-state index contributed by atoms with van der Waals surface area (Å²) in [5.41, 5.74) is 11.2. The molecule has 0 saturated heterocycles. The van der Waals surface area contributed by atoms with Crippen molar-refractivity contribution in [3.63, 3.8) is 0 Å². The number of carbonyl (C=O) groups is 2. The third-order valence-electron chi connectivity index (χ3n) is 11.0. The van der Waals surface area contributed by atoms with Gasteiger partial charge in [-0.15, -0.1) is 0 Å². The molecule has 1 aliphatic heterocycles. The Morgan fingerprint density at radius 3 is 1.48 bits per heavy atom. The van der Waals surface area contributed by atoms with Crippen molar-refractivity contribution < 1.29 is 9.59 Å². The van der Waals surface area contributed by atoms with Gasteiger partial charge in [0, 0.05) is 27.5 Å². The van der Waals surface area contributed by atoms with Crippen LogP contribution in [0.25, 0.3) is 72.0 Å². The molecular weight excluding hydrogens is 713 g/mol. The van der Waals surface area contributed by atoms with Crippen molar-refractivity contribution in [1.29, 1.82) is 10.5 Å². The molecule has 0 radical (unpaired) electrons. The molecule has 0 unspecified atom stereocenters. The van der Waals surface area contributed by atoms with Gasteiger partial charge >= 0.3 is 0 Å². The lowest BCUT2D eigenvalue weighted by Gasteiger charge is -2.20. The van der Waals surface area contributed by atoms with Gasteiger partial charge in [0.05, 0.1) is 56.8 Å². The number of hydrogen-bond acceptors (Lipinski definition) is 4. The lowest BCUT2D eigenvalue weighted by molar-refractivity contribution is 0.0926. The van der Waals surface area contributed by atoms with Gasteiger partial charge in [0.15, 0.2) is 0 Å². The van der Waals surface area contributed by atoms with Crippen LogP contribution in [-0.2, 0) is 0 Å². The fraction of sp³-hybridized carbons (Fsp3) is 0. The van der Waals surface area contributed by atoms with Crippen molar-refractivity contribution in [2.75, 3.05) is 4.90 Å². The molecule has 0 saturated carbocycles.